The zero-order valence-corrected chi connectivity index (χ0v) is 11.5. The summed E-state index contributed by atoms with van der Waals surface area (Å²) < 4.78 is 0. The van der Waals surface area contributed by atoms with Gasteiger partial charge < -0.3 is 10.2 Å². The van der Waals surface area contributed by atoms with Crippen LogP contribution in [0.5, 0.6) is 0 Å². The second-order valence-corrected chi connectivity index (χ2v) is 5.23. The molecular weight excluding hydrogens is 196 g/mol. The van der Waals surface area contributed by atoms with Crippen molar-refractivity contribution in [2.24, 2.45) is 11.8 Å². The first-order chi connectivity index (χ1) is 7.80. The maximum absolute atomic E-state index is 3.48. The van der Waals surface area contributed by atoms with Gasteiger partial charge in [0.1, 0.15) is 0 Å². The molecule has 0 bridgehead atoms. The van der Waals surface area contributed by atoms with E-state index in [4.69, 9.17) is 0 Å². The quantitative estimate of drug-likeness (QED) is 0.718. The summed E-state index contributed by atoms with van der Waals surface area (Å²) in [4.78, 5) is 2.68. The van der Waals surface area contributed by atoms with Gasteiger partial charge in [0, 0.05) is 6.54 Å². The largest absolute Gasteiger partial charge is 0.317 e. The van der Waals surface area contributed by atoms with Crippen LogP contribution in [0.2, 0.25) is 0 Å². The topological polar surface area (TPSA) is 15.3 Å². The van der Waals surface area contributed by atoms with Gasteiger partial charge >= 0.3 is 0 Å². The number of nitrogens with one attached hydrogen (secondary N) is 1. The summed E-state index contributed by atoms with van der Waals surface area (Å²) in [5.41, 5.74) is 0. The molecule has 0 aliphatic carbocycles. The fourth-order valence-electron chi connectivity index (χ4n) is 2.63. The fraction of sp³-hybridized carbons (Fsp3) is 1.00. The third-order valence-corrected chi connectivity index (χ3v) is 4.06. The molecule has 1 heterocycles. The summed E-state index contributed by atoms with van der Waals surface area (Å²) in [5.74, 6) is 1.85. The van der Waals surface area contributed by atoms with Crippen LogP contribution in [0.3, 0.4) is 0 Å². The van der Waals surface area contributed by atoms with Crippen LogP contribution in [0.4, 0.5) is 0 Å². The summed E-state index contributed by atoms with van der Waals surface area (Å²) in [6, 6.07) is 0. The average Bonchev–Trinajstić information content (AvgIpc) is 2.35. The molecule has 1 saturated heterocycles. The van der Waals surface area contributed by atoms with E-state index in [2.05, 4.69) is 31.0 Å². The monoisotopic (exact) mass is 226 g/mol. The molecule has 1 aliphatic rings. The standard InChI is InChI=1S/C14H30N2/c1-4-13(5-2)12-16-9-7-14(8-10-16)11-15-6-3/h13-15H,4-12H2,1-3H3. The van der Waals surface area contributed by atoms with Crippen molar-refractivity contribution in [1.29, 1.82) is 0 Å². The molecule has 96 valence electrons. The Morgan fingerprint density at radius 3 is 2.25 bits per heavy atom. The lowest BCUT2D eigenvalue weighted by Crippen LogP contribution is -2.39. The molecule has 1 aliphatic heterocycles. The Labute approximate surface area is 102 Å². The smallest absolute Gasteiger partial charge is 0.000946 e. The molecule has 2 nitrogen and oxygen atoms in total. The van der Waals surface area contributed by atoms with Crippen molar-refractivity contribution in [2.45, 2.75) is 46.5 Å². The van der Waals surface area contributed by atoms with Crippen molar-refractivity contribution < 1.29 is 0 Å². The predicted octanol–water partition coefficient (Wildman–Crippen LogP) is 2.74. The minimum absolute atomic E-state index is 0.922. The first kappa shape index (κ1) is 14.0. The van der Waals surface area contributed by atoms with Crippen LogP contribution in [0.15, 0.2) is 0 Å². The first-order valence-electron chi connectivity index (χ1n) is 7.23. The number of piperidine rings is 1. The van der Waals surface area contributed by atoms with Crippen LogP contribution in [0.25, 0.3) is 0 Å². The third-order valence-electron chi connectivity index (χ3n) is 4.06. The Morgan fingerprint density at radius 2 is 1.75 bits per heavy atom. The predicted molar refractivity (Wildman–Crippen MR) is 71.8 cm³/mol. The summed E-state index contributed by atoms with van der Waals surface area (Å²) in [5, 5.41) is 3.48. The molecule has 0 saturated carbocycles. The van der Waals surface area contributed by atoms with E-state index in [0.29, 0.717) is 0 Å². The van der Waals surface area contributed by atoms with Crippen molar-refractivity contribution >= 4 is 0 Å². The SMILES string of the molecule is CCNCC1CCN(CC(CC)CC)CC1. The minimum Gasteiger partial charge on any atom is -0.317 e. The van der Waals surface area contributed by atoms with Crippen LogP contribution >= 0.6 is 0 Å². The molecule has 0 spiro atoms. The highest BCUT2D eigenvalue weighted by Crippen LogP contribution is 2.19. The molecule has 1 rings (SSSR count). The summed E-state index contributed by atoms with van der Waals surface area (Å²) in [7, 11) is 0. The number of hydrogen-bond acceptors (Lipinski definition) is 2. The molecule has 0 aromatic carbocycles. The molecule has 16 heavy (non-hydrogen) atoms. The lowest BCUT2D eigenvalue weighted by Gasteiger charge is -2.34. The van der Waals surface area contributed by atoms with Gasteiger partial charge in [-0.3, -0.25) is 0 Å². The fourth-order valence-corrected chi connectivity index (χ4v) is 2.63. The van der Waals surface area contributed by atoms with Crippen LogP contribution in [0, 0.1) is 11.8 Å². The van der Waals surface area contributed by atoms with Crippen molar-refractivity contribution in [3.05, 3.63) is 0 Å². The molecule has 0 amide bonds. The highest BCUT2D eigenvalue weighted by Gasteiger charge is 2.20. The zero-order chi connectivity index (χ0) is 11.8. The van der Waals surface area contributed by atoms with Crippen molar-refractivity contribution in [1.82, 2.24) is 10.2 Å². The van der Waals surface area contributed by atoms with Gasteiger partial charge in [0.05, 0.1) is 0 Å². The van der Waals surface area contributed by atoms with Crippen molar-refractivity contribution in [3.63, 3.8) is 0 Å². The number of hydrogen-bond donors (Lipinski definition) is 1. The van der Waals surface area contributed by atoms with Gasteiger partial charge in [0.2, 0.25) is 0 Å². The molecule has 1 N–H and O–H groups in total. The lowest BCUT2D eigenvalue weighted by atomic mass is 9.95. The molecular formula is C14H30N2. The van der Waals surface area contributed by atoms with Crippen molar-refractivity contribution in [2.75, 3.05) is 32.7 Å². The van der Waals surface area contributed by atoms with Gasteiger partial charge in [-0.1, -0.05) is 33.6 Å². The maximum atomic E-state index is 3.48. The van der Waals surface area contributed by atoms with E-state index in [-0.39, 0.29) is 0 Å². The van der Waals surface area contributed by atoms with E-state index in [1.165, 1.54) is 51.9 Å². The minimum atomic E-state index is 0.922. The molecule has 0 aromatic rings. The second-order valence-electron chi connectivity index (χ2n) is 5.23. The van der Waals surface area contributed by atoms with Gasteiger partial charge in [0.15, 0.2) is 0 Å². The highest BCUT2D eigenvalue weighted by molar-refractivity contribution is 4.75. The Kier molecular flexibility index (Phi) is 7.06. The Hall–Kier alpha value is -0.0800. The van der Waals surface area contributed by atoms with Crippen LogP contribution < -0.4 is 5.32 Å². The Bertz CT molecular complexity index is 158. The number of rotatable bonds is 7. The van der Waals surface area contributed by atoms with E-state index in [1.807, 2.05) is 0 Å². The summed E-state index contributed by atoms with van der Waals surface area (Å²) in [6.45, 7) is 13.2. The lowest BCUT2D eigenvalue weighted by molar-refractivity contribution is 0.156. The van der Waals surface area contributed by atoms with Gasteiger partial charge in [-0.2, -0.15) is 0 Å². The van der Waals surface area contributed by atoms with Gasteiger partial charge in [-0.25, -0.2) is 0 Å². The molecule has 0 radical (unpaired) electrons. The Balaban J connectivity index is 2.16. The summed E-state index contributed by atoms with van der Waals surface area (Å²) in [6.07, 6.45) is 5.47. The van der Waals surface area contributed by atoms with Crippen LogP contribution in [-0.4, -0.2) is 37.6 Å². The molecule has 2 heteroatoms. The van der Waals surface area contributed by atoms with E-state index >= 15 is 0 Å². The van der Waals surface area contributed by atoms with Gasteiger partial charge in [-0.05, 0) is 50.9 Å². The number of likely N-dealkylation sites (tertiary alicyclic amines) is 1. The average molecular weight is 226 g/mol. The number of nitrogens with zero attached hydrogens (tertiary/aromatic N) is 1. The summed E-state index contributed by atoms with van der Waals surface area (Å²) >= 11 is 0. The molecule has 0 unspecified atom stereocenters. The first-order valence-corrected chi connectivity index (χ1v) is 7.23. The van der Waals surface area contributed by atoms with Crippen molar-refractivity contribution in [3.8, 4) is 0 Å². The second kappa shape index (κ2) is 8.08. The van der Waals surface area contributed by atoms with E-state index < -0.39 is 0 Å². The van der Waals surface area contributed by atoms with E-state index in [0.717, 1.165) is 18.4 Å². The highest BCUT2D eigenvalue weighted by atomic mass is 15.1. The maximum Gasteiger partial charge on any atom is 0.000946 e. The van der Waals surface area contributed by atoms with Crippen LogP contribution in [0.1, 0.15) is 46.5 Å². The molecule has 0 atom stereocenters. The van der Waals surface area contributed by atoms with Crippen LogP contribution in [-0.2, 0) is 0 Å². The molecule has 1 fully saturated rings. The molecule has 0 aromatic heterocycles. The normalized spacial score (nSPS) is 19.5. The third kappa shape index (κ3) is 4.84. The van der Waals surface area contributed by atoms with Gasteiger partial charge in [-0.15, -0.1) is 0 Å². The van der Waals surface area contributed by atoms with Gasteiger partial charge in [0.25, 0.3) is 0 Å². The van der Waals surface area contributed by atoms with E-state index in [1.54, 1.807) is 0 Å². The zero-order valence-electron chi connectivity index (χ0n) is 11.5. The van der Waals surface area contributed by atoms with E-state index in [9.17, 15) is 0 Å². The Morgan fingerprint density at radius 1 is 1.12 bits per heavy atom.